The van der Waals surface area contributed by atoms with Crippen molar-refractivity contribution in [3.63, 3.8) is 0 Å². The van der Waals surface area contributed by atoms with E-state index in [2.05, 4.69) is 39.2 Å². The Balaban J connectivity index is 1.23. The molecule has 10 heteroatoms. The Morgan fingerprint density at radius 1 is 1.36 bits per heavy atom. The molecular formula is C23H24N6O2S2. The van der Waals surface area contributed by atoms with Gasteiger partial charge in [0, 0.05) is 30.6 Å². The summed E-state index contributed by atoms with van der Waals surface area (Å²) < 4.78 is 2.39. The largest absolute Gasteiger partial charge is 0.312 e. The molecule has 1 saturated heterocycles. The van der Waals surface area contributed by atoms with Gasteiger partial charge in [-0.3, -0.25) is 19.3 Å². The highest BCUT2D eigenvalue weighted by molar-refractivity contribution is 7.71. The number of aromatic amines is 1. The number of nitrogens with zero attached hydrogens (tertiary/aromatic N) is 4. The summed E-state index contributed by atoms with van der Waals surface area (Å²) in [4.78, 5) is 31.8. The average molecular weight is 481 g/mol. The Kier molecular flexibility index (Phi) is 5.94. The zero-order valence-electron chi connectivity index (χ0n) is 18.0. The van der Waals surface area contributed by atoms with Crippen molar-refractivity contribution in [2.24, 2.45) is 5.92 Å². The lowest BCUT2D eigenvalue weighted by Crippen LogP contribution is -2.28. The van der Waals surface area contributed by atoms with Gasteiger partial charge < -0.3 is 10.2 Å². The second-order valence-corrected chi connectivity index (χ2v) is 9.61. The first-order valence-electron chi connectivity index (χ1n) is 10.9. The Bertz CT molecular complexity index is 1290. The standard InChI is InChI=1S/C23H24N6O2S2/c1-2-8-28-19(26-27-23(28)32)11-17-13-33-22(24-17)25-21(31)16-10-20(30)29(12-16)18-7-6-14-4-3-5-15(14)9-18/h2,6-7,9,13,16H,1,3-5,8,10-12H2,(H,27,32)(H,24,25,31)/t16-/m1/s1. The first-order chi connectivity index (χ1) is 16.0. The van der Waals surface area contributed by atoms with Gasteiger partial charge in [-0.15, -0.1) is 17.9 Å². The number of thiazole rings is 1. The van der Waals surface area contributed by atoms with E-state index in [0.717, 1.165) is 36.5 Å². The summed E-state index contributed by atoms with van der Waals surface area (Å²) in [5.74, 6) is 0.164. The minimum Gasteiger partial charge on any atom is -0.312 e. The van der Waals surface area contributed by atoms with Crippen molar-refractivity contribution >= 4 is 46.2 Å². The van der Waals surface area contributed by atoms with Crippen molar-refractivity contribution in [3.8, 4) is 0 Å². The maximum atomic E-state index is 12.9. The number of fused-ring (bicyclic) bond motifs is 1. The number of anilines is 2. The first-order valence-corrected chi connectivity index (χ1v) is 12.2. The SMILES string of the molecule is C=CCn1c(Cc2csc(NC(=O)[C@@H]3CC(=O)N(c4ccc5c(c4)CCC5)C3)n2)n[nH]c1=S. The van der Waals surface area contributed by atoms with E-state index < -0.39 is 5.92 Å². The number of aromatic nitrogens is 4. The number of amides is 2. The van der Waals surface area contributed by atoms with E-state index in [0.29, 0.717) is 29.4 Å². The number of hydrogen-bond acceptors (Lipinski definition) is 6. The number of carbonyl (C=O) groups excluding carboxylic acids is 2. The van der Waals surface area contributed by atoms with Crippen LogP contribution in [0.25, 0.3) is 0 Å². The lowest BCUT2D eigenvalue weighted by molar-refractivity contribution is -0.122. The van der Waals surface area contributed by atoms with E-state index in [1.54, 1.807) is 11.0 Å². The minimum absolute atomic E-state index is 0.0158. The number of allylic oxidation sites excluding steroid dienone is 1. The molecule has 2 aromatic heterocycles. The quantitative estimate of drug-likeness (QED) is 0.398. The van der Waals surface area contributed by atoms with Crippen molar-refractivity contribution < 1.29 is 9.59 Å². The van der Waals surface area contributed by atoms with Crippen LogP contribution in [-0.4, -0.2) is 38.1 Å². The summed E-state index contributed by atoms with van der Waals surface area (Å²) in [5, 5.41) is 12.3. The Morgan fingerprint density at radius 2 is 2.21 bits per heavy atom. The molecule has 0 bridgehead atoms. The molecule has 3 aromatic rings. The van der Waals surface area contributed by atoms with Crippen molar-refractivity contribution in [2.75, 3.05) is 16.8 Å². The van der Waals surface area contributed by atoms with Gasteiger partial charge in [-0.25, -0.2) is 4.98 Å². The third-order valence-electron chi connectivity index (χ3n) is 6.16. The van der Waals surface area contributed by atoms with Gasteiger partial charge in [-0.05, 0) is 54.7 Å². The molecule has 1 atom stereocenters. The normalized spacial score (nSPS) is 17.4. The summed E-state index contributed by atoms with van der Waals surface area (Å²) in [6.45, 7) is 4.70. The molecule has 0 spiro atoms. The molecule has 1 aliphatic heterocycles. The Labute approximate surface area is 200 Å². The second kappa shape index (κ2) is 9.03. The van der Waals surface area contributed by atoms with Crippen LogP contribution in [0.1, 0.15) is 35.5 Å². The predicted octanol–water partition coefficient (Wildman–Crippen LogP) is 3.65. The van der Waals surface area contributed by atoms with Gasteiger partial charge in [0.15, 0.2) is 9.90 Å². The molecule has 0 saturated carbocycles. The molecule has 1 fully saturated rings. The number of hydrogen-bond donors (Lipinski definition) is 2. The van der Waals surface area contributed by atoms with E-state index in [9.17, 15) is 9.59 Å². The van der Waals surface area contributed by atoms with Crippen LogP contribution in [-0.2, 0) is 35.4 Å². The van der Waals surface area contributed by atoms with Gasteiger partial charge in [0.1, 0.15) is 5.82 Å². The Hall–Kier alpha value is -3.11. The van der Waals surface area contributed by atoms with Crippen LogP contribution in [0, 0.1) is 10.7 Å². The number of aryl methyl sites for hydroxylation is 2. The molecule has 1 aliphatic carbocycles. The average Bonchev–Trinajstić information content (AvgIpc) is 3.58. The molecule has 2 N–H and O–H groups in total. The van der Waals surface area contributed by atoms with Crippen LogP contribution < -0.4 is 10.2 Å². The fourth-order valence-corrected chi connectivity index (χ4v) is 5.42. The van der Waals surface area contributed by atoms with Crippen LogP contribution >= 0.6 is 23.6 Å². The highest BCUT2D eigenvalue weighted by atomic mass is 32.1. The van der Waals surface area contributed by atoms with Gasteiger partial charge in [-0.1, -0.05) is 12.1 Å². The lowest BCUT2D eigenvalue weighted by Gasteiger charge is -2.17. The maximum Gasteiger partial charge on any atom is 0.231 e. The van der Waals surface area contributed by atoms with Crippen LogP contribution in [0.15, 0.2) is 36.2 Å². The van der Waals surface area contributed by atoms with Crippen molar-refractivity contribution in [1.82, 2.24) is 19.7 Å². The van der Waals surface area contributed by atoms with Crippen LogP contribution in [0.5, 0.6) is 0 Å². The molecule has 0 unspecified atom stereocenters. The Morgan fingerprint density at radius 3 is 3.06 bits per heavy atom. The molecule has 5 rings (SSSR count). The molecule has 33 heavy (non-hydrogen) atoms. The zero-order chi connectivity index (χ0) is 22.9. The second-order valence-electron chi connectivity index (χ2n) is 8.37. The van der Waals surface area contributed by atoms with Crippen LogP contribution in [0.3, 0.4) is 0 Å². The summed E-state index contributed by atoms with van der Waals surface area (Å²) in [5.41, 5.74) is 4.36. The van der Waals surface area contributed by atoms with Gasteiger partial charge in [-0.2, -0.15) is 5.10 Å². The summed E-state index contributed by atoms with van der Waals surface area (Å²) in [6.07, 6.45) is 5.78. The number of carbonyl (C=O) groups is 2. The van der Waals surface area contributed by atoms with E-state index >= 15 is 0 Å². The van der Waals surface area contributed by atoms with Gasteiger partial charge in [0.2, 0.25) is 11.8 Å². The fraction of sp³-hybridized carbons (Fsp3) is 0.348. The van der Waals surface area contributed by atoms with E-state index in [4.69, 9.17) is 12.2 Å². The first kappa shape index (κ1) is 21.7. The monoisotopic (exact) mass is 480 g/mol. The number of benzene rings is 1. The molecule has 170 valence electrons. The summed E-state index contributed by atoms with van der Waals surface area (Å²) >= 11 is 6.60. The molecule has 2 amide bonds. The van der Waals surface area contributed by atoms with Gasteiger partial charge in [0.25, 0.3) is 0 Å². The fourth-order valence-electron chi connectivity index (χ4n) is 4.48. The number of rotatable bonds is 7. The van der Waals surface area contributed by atoms with Gasteiger partial charge >= 0.3 is 0 Å². The third-order valence-corrected chi connectivity index (χ3v) is 7.28. The number of nitrogens with one attached hydrogen (secondary N) is 2. The highest BCUT2D eigenvalue weighted by Crippen LogP contribution is 2.31. The molecule has 0 radical (unpaired) electrons. The summed E-state index contributed by atoms with van der Waals surface area (Å²) in [7, 11) is 0. The van der Waals surface area contributed by atoms with E-state index in [1.165, 1.54) is 22.5 Å². The van der Waals surface area contributed by atoms with Crippen LogP contribution in [0.4, 0.5) is 10.8 Å². The maximum absolute atomic E-state index is 12.9. The van der Waals surface area contributed by atoms with Crippen molar-refractivity contribution in [3.05, 3.63) is 63.7 Å². The molecule has 8 nitrogen and oxygen atoms in total. The highest BCUT2D eigenvalue weighted by Gasteiger charge is 2.35. The molecule has 2 aliphatic rings. The summed E-state index contributed by atoms with van der Waals surface area (Å²) in [6, 6.07) is 6.22. The van der Waals surface area contributed by atoms with E-state index in [1.807, 2.05) is 16.0 Å². The smallest absolute Gasteiger partial charge is 0.231 e. The van der Waals surface area contributed by atoms with Crippen molar-refractivity contribution in [2.45, 2.75) is 38.6 Å². The molecular weight excluding hydrogens is 456 g/mol. The van der Waals surface area contributed by atoms with E-state index in [-0.39, 0.29) is 18.2 Å². The van der Waals surface area contributed by atoms with Crippen LogP contribution in [0.2, 0.25) is 0 Å². The topological polar surface area (TPSA) is 95.9 Å². The third kappa shape index (κ3) is 4.40. The molecule has 3 heterocycles. The number of H-pyrrole nitrogens is 1. The lowest BCUT2D eigenvalue weighted by atomic mass is 10.1. The predicted molar refractivity (Wildman–Crippen MR) is 130 cm³/mol. The zero-order valence-corrected chi connectivity index (χ0v) is 19.7. The minimum atomic E-state index is -0.401. The van der Waals surface area contributed by atoms with Crippen molar-refractivity contribution in [1.29, 1.82) is 0 Å². The van der Waals surface area contributed by atoms with Gasteiger partial charge in [0.05, 0.1) is 18.0 Å². The molecule has 1 aromatic carbocycles.